The predicted molar refractivity (Wildman–Crippen MR) is 130 cm³/mol. The summed E-state index contributed by atoms with van der Waals surface area (Å²) < 4.78 is 5.41. The Kier molecular flexibility index (Phi) is 7.72. The lowest BCUT2D eigenvalue weighted by Gasteiger charge is -2.27. The number of carbonyl (C=O) groups excluding carboxylic acids is 1. The molecule has 1 amide bonds. The van der Waals surface area contributed by atoms with Gasteiger partial charge in [0.15, 0.2) is 5.16 Å². The van der Waals surface area contributed by atoms with Crippen molar-refractivity contribution in [2.24, 2.45) is 0 Å². The number of nitro benzene ring substituents is 1. The first-order chi connectivity index (χ1) is 16.5. The molecule has 0 unspecified atom stereocenters. The number of amides is 1. The number of hydrogen-bond donors (Lipinski definition) is 2. The van der Waals surface area contributed by atoms with Crippen molar-refractivity contribution in [1.29, 1.82) is 0 Å². The molecule has 0 bridgehead atoms. The zero-order chi connectivity index (χ0) is 23.9. The molecule has 0 spiro atoms. The zero-order valence-electron chi connectivity index (χ0n) is 17.8. The van der Waals surface area contributed by atoms with Crippen molar-refractivity contribution in [3.63, 3.8) is 0 Å². The molecule has 0 radical (unpaired) electrons. The predicted octanol–water partition coefficient (Wildman–Crippen LogP) is 3.74. The van der Waals surface area contributed by atoms with Crippen molar-refractivity contribution in [1.82, 2.24) is 15.0 Å². The normalized spacial score (nSPS) is 13.4. The van der Waals surface area contributed by atoms with Gasteiger partial charge in [-0.2, -0.15) is 15.0 Å². The van der Waals surface area contributed by atoms with Gasteiger partial charge < -0.3 is 20.3 Å². The number of nitro groups is 1. The van der Waals surface area contributed by atoms with Gasteiger partial charge in [-0.1, -0.05) is 41.6 Å². The lowest BCUT2D eigenvalue weighted by Crippen LogP contribution is -2.37. The molecule has 1 fully saturated rings. The largest absolute Gasteiger partial charge is 0.378 e. The van der Waals surface area contributed by atoms with E-state index >= 15 is 0 Å². The Balaban J connectivity index is 1.47. The highest BCUT2D eigenvalue weighted by Gasteiger charge is 2.18. The van der Waals surface area contributed by atoms with Gasteiger partial charge >= 0.3 is 0 Å². The second kappa shape index (κ2) is 11.1. The minimum Gasteiger partial charge on any atom is -0.378 e. The van der Waals surface area contributed by atoms with Crippen molar-refractivity contribution < 1.29 is 14.5 Å². The smallest absolute Gasteiger partial charge is 0.289 e. The van der Waals surface area contributed by atoms with E-state index in [1.807, 2.05) is 35.2 Å². The molecule has 3 aromatic rings. The van der Waals surface area contributed by atoms with E-state index in [2.05, 4.69) is 25.6 Å². The summed E-state index contributed by atoms with van der Waals surface area (Å²) in [5.74, 6) is 0.479. The van der Waals surface area contributed by atoms with Crippen molar-refractivity contribution >= 4 is 58.2 Å². The summed E-state index contributed by atoms with van der Waals surface area (Å²) in [6.45, 7) is 2.44. The van der Waals surface area contributed by atoms with Crippen molar-refractivity contribution in [2.45, 2.75) is 5.16 Å². The van der Waals surface area contributed by atoms with Crippen LogP contribution in [0, 0.1) is 10.1 Å². The Morgan fingerprint density at radius 2 is 1.88 bits per heavy atom. The van der Waals surface area contributed by atoms with Crippen LogP contribution in [0.5, 0.6) is 0 Å². The van der Waals surface area contributed by atoms with E-state index in [1.165, 1.54) is 18.2 Å². The summed E-state index contributed by atoms with van der Waals surface area (Å²) in [5, 5.41) is 17.2. The quantitative estimate of drug-likeness (QED) is 0.267. The maximum atomic E-state index is 12.5. The third-order valence-electron chi connectivity index (χ3n) is 4.69. The number of anilines is 4. The lowest BCUT2D eigenvalue weighted by molar-refractivity contribution is -0.384. The molecular formula is C21H20ClN7O4S. The van der Waals surface area contributed by atoms with Gasteiger partial charge in [-0.3, -0.25) is 14.9 Å². The van der Waals surface area contributed by atoms with Crippen molar-refractivity contribution in [2.75, 3.05) is 47.6 Å². The van der Waals surface area contributed by atoms with Gasteiger partial charge in [0.2, 0.25) is 17.8 Å². The molecule has 2 N–H and O–H groups in total. The third-order valence-corrected chi connectivity index (χ3v) is 5.85. The van der Waals surface area contributed by atoms with Crippen LogP contribution in [0.1, 0.15) is 0 Å². The summed E-state index contributed by atoms with van der Waals surface area (Å²) >= 11 is 6.95. The first-order valence-electron chi connectivity index (χ1n) is 10.3. The molecule has 1 aliphatic heterocycles. The molecule has 0 saturated carbocycles. The summed E-state index contributed by atoms with van der Waals surface area (Å²) in [7, 11) is 0. The molecule has 34 heavy (non-hydrogen) atoms. The summed E-state index contributed by atoms with van der Waals surface area (Å²) in [6, 6.07) is 13.6. The molecule has 1 aromatic heterocycles. The van der Waals surface area contributed by atoms with E-state index in [0.29, 0.717) is 43.4 Å². The molecule has 1 saturated heterocycles. The van der Waals surface area contributed by atoms with Crippen LogP contribution in [0.3, 0.4) is 0 Å². The van der Waals surface area contributed by atoms with Crippen LogP contribution >= 0.6 is 23.4 Å². The third kappa shape index (κ3) is 6.31. The number of morpholine rings is 1. The molecule has 4 rings (SSSR count). The minimum absolute atomic E-state index is 0.00310. The standard InChI is InChI=1S/C21H20ClN7O4S/c22-16-7-6-15(12-17(16)29(31)32)23-18(30)13-34-21-26-19(24-14-4-2-1-3-5-14)25-20(27-21)28-8-10-33-11-9-28/h1-7,12H,8-11,13H2,(H,23,30)(H,24,25,26,27). The van der Waals surface area contributed by atoms with E-state index in [9.17, 15) is 14.9 Å². The molecule has 0 aliphatic carbocycles. The van der Waals surface area contributed by atoms with Gasteiger partial charge in [0.1, 0.15) is 5.02 Å². The van der Waals surface area contributed by atoms with Crippen molar-refractivity contribution in [3.05, 3.63) is 63.7 Å². The number of hydrogen-bond acceptors (Lipinski definition) is 10. The van der Waals surface area contributed by atoms with Gasteiger partial charge in [-0.25, -0.2) is 0 Å². The lowest BCUT2D eigenvalue weighted by atomic mass is 10.3. The number of benzene rings is 2. The van der Waals surface area contributed by atoms with Crippen LogP contribution in [0.25, 0.3) is 0 Å². The highest BCUT2D eigenvalue weighted by atomic mass is 35.5. The zero-order valence-corrected chi connectivity index (χ0v) is 19.4. The fourth-order valence-corrected chi connectivity index (χ4v) is 3.90. The molecule has 0 atom stereocenters. The number of para-hydroxylation sites is 1. The maximum absolute atomic E-state index is 12.5. The fourth-order valence-electron chi connectivity index (χ4n) is 3.08. The van der Waals surface area contributed by atoms with E-state index in [0.717, 1.165) is 17.4 Å². The number of ether oxygens (including phenoxy) is 1. The average Bonchev–Trinajstić information content (AvgIpc) is 2.85. The maximum Gasteiger partial charge on any atom is 0.289 e. The van der Waals surface area contributed by atoms with Crippen LogP contribution in [0.15, 0.2) is 53.7 Å². The molecule has 176 valence electrons. The Morgan fingerprint density at radius 1 is 1.12 bits per heavy atom. The number of halogens is 1. The van der Waals surface area contributed by atoms with Gasteiger partial charge in [0.05, 0.1) is 23.9 Å². The number of rotatable bonds is 8. The molecule has 1 aliphatic rings. The fraction of sp³-hybridized carbons (Fsp3) is 0.238. The monoisotopic (exact) mass is 501 g/mol. The number of thioether (sulfide) groups is 1. The van der Waals surface area contributed by atoms with Gasteiger partial charge in [0.25, 0.3) is 5.69 Å². The van der Waals surface area contributed by atoms with Crippen LogP contribution in [0.2, 0.25) is 5.02 Å². The molecule has 2 heterocycles. The van der Waals surface area contributed by atoms with Crippen LogP contribution in [-0.4, -0.2) is 57.8 Å². The van der Waals surface area contributed by atoms with Crippen LogP contribution in [-0.2, 0) is 9.53 Å². The Hall–Kier alpha value is -3.48. The number of aromatic nitrogens is 3. The van der Waals surface area contributed by atoms with Gasteiger partial charge in [0, 0.05) is 30.5 Å². The highest BCUT2D eigenvalue weighted by molar-refractivity contribution is 7.99. The Bertz CT molecular complexity index is 1180. The number of nitrogens with zero attached hydrogens (tertiary/aromatic N) is 5. The number of carbonyl (C=O) groups is 1. The van der Waals surface area contributed by atoms with Crippen LogP contribution in [0.4, 0.5) is 29.0 Å². The molecular weight excluding hydrogens is 482 g/mol. The SMILES string of the molecule is O=C(CSc1nc(Nc2ccccc2)nc(N2CCOCC2)n1)Nc1ccc(Cl)c([N+](=O)[O-])c1. The molecule has 11 nitrogen and oxygen atoms in total. The first-order valence-corrected chi connectivity index (χ1v) is 11.6. The summed E-state index contributed by atoms with van der Waals surface area (Å²) in [5.41, 5.74) is 0.814. The average molecular weight is 502 g/mol. The van der Waals surface area contributed by atoms with E-state index in [1.54, 1.807) is 0 Å². The first kappa shape index (κ1) is 23.7. The van der Waals surface area contributed by atoms with E-state index < -0.39 is 4.92 Å². The van der Waals surface area contributed by atoms with E-state index in [-0.39, 0.29) is 28.1 Å². The topological polar surface area (TPSA) is 135 Å². The Labute approximate surface area is 204 Å². The molecule has 13 heteroatoms. The highest BCUT2D eigenvalue weighted by Crippen LogP contribution is 2.28. The Morgan fingerprint density at radius 3 is 2.62 bits per heavy atom. The van der Waals surface area contributed by atoms with E-state index in [4.69, 9.17) is 16.3 Å². The number of nitrogens with one attached hydrogen (secondary N) is 2. The van der Waals surface area contributed by atoms with Gasteiger partial charge in [-0.15, -0.1) is 0 Å². The van der Waals surface area contributed by atoms with Crippen LogP contribution < -0.4 is 15.5 Å². The summed E-state index contributed by atoms with van der Waals surface area (Å²) in [6.07, 6.45) is 0. The second-order valence-corrected chi connectivity index (χ2v) is 8.44. The van der Waals surface area contributed by atoms with Gasteiger partial charge in [-0.05, 0) is 24.3 Å². The van der Waals surface area contributed by atoms with Crippen molar-refractivity contribution in [3.8, 4) is 0 Å². The minimum atomic E-state index is -0.605. The molecule has 2 aromatic carbocycles. The summed E-state index contributed by atoms with van der Waals surface area (Å²) in [4.78, 5) is 38.4. The second-order valence-electron chi connectivity index (χ2n) is 7.09.